The van der Waals surface area contributed by atoms with Crippen LogP contribution < -0.4 is 11.3 Å². The van der Waals surface area contributed by atoms with Gasteiger partial charge in [0, 0.05) is 19.6 Å². The second-order valence-corrected chi connectivity index (χ2v) is 2.47. The zero-order chi connectivity index (χ0) is 9.61. The van der Waals surface area contributed by atoms with E-state index in [2.05, 4.69) is 10.2 Å². The van der Waals surface area contributed by atoms with Crippen molar-refractivity contribution in [2.75, 3.05) is 13.7 Å². The number of hydrogen-bond acceptors (Lipinski definition) is 3. The molecule has 12 heavy (non-hydrogen) atoms. The highest BCUT2D eigenvalue weighted by molar-refractivity contribution is 4.64. The number of ether oxygens (including phenoxy) is 1. The Balaban J connectivity index is 3.58. The van der Waals surface area contributed by atoms with E-state index in [1.165, 1.54) is 7.11 Å². The van der Waals surface area contributed by atoms with Crippen molar-refractivity contribution >= 4 is 0 Å². The Morgan fingerprint density at radius 3 is 2.42 bits per heavy atom. The number of nitrogens with two attached hydrogens (primary N) is 1. The van der Waals surface area contributed by atoms with Crippen molar-refractivity contribution in [3.05, 3.63) is 0 Å². The van der Waals surface area contributed by atoms with E-state index < -0.39 is 18.6 Å². The van der Waals surface area contributed by atoms with Crippen LogP contribution in [-0.2, 0) is 4.74 Å². The maximum Gasteiger partial charge on any atom is 0.389 e. The van der Waals surface area contributed by atoms with Crippen LogP contribution in [0.4, 0.5) is 13.2 Å². The van der Waals surface area contributed by atoms with E-state index in [1.54, 1.807) is 0 Å². The molecule has 1 atom stereocenters. The summed E-state index contributed by atoms with van der Waals surface area (Å²) in [5, 5.41) is 0. The highest BCUT2D eigenvalue weighted by Crippen LogP contribution is 2.22. The SMILES string of the molecule is COCC(CCC(F)(F)F)NN. The standard InChI is InChI=1S/C6H13F3N2O/c1-12-4-5(11-10)2-3-6(7,8)9/h5,11H,2-4,10H2,1H3. The quantitative estimate of drug-likeness (QED) is 0.493. The average molecular weight is 186 g/mol. The molecular weight excluding hydrogens is 173 g/mol. The smallest absolute Gasteiger partial charge is 0.383 e. The third-order valence-corrected chi connectivity index (χ3v) is 1.38. The molecule has 0 aliphatic rings. The molecule has 0 aliphatic heterocycles. The number of hydrogen-bond donors (Lipinski definition) is 2. The molecule has 0 aliphatic carbocycles. The predicted molar refractivity (Wildman–Crippen MR) is 38.3 cm³/mol. The highest BCUT2D eigenvalue weighted by Gasteiger charge is 2.27. The molecule has 0 rings (SSSR count). The van der Waals surface area contributed by atoms with E-state index in [0.717, 1.165) is 0 Å². The van der Waals surface area contributed by atoms with Crippen LogP contribution in [0, 0.1) is 0 Å². The Morgan fingerprint density at radius 2 is 2.08 bits per heavy atom. The van der Waals surface area contributed by atoms with Gasteiger partial charge in [-0.1, -0.05) is 0 Å². The van der Waals surface area contributed by atoms with E-state index in [0.29, 0.717) is 0 Å². The normalized spacial score (nSPS) is 14.8. The zero-order valence-corrected chi connectivity index (χ0v) is 6.82. The van der Waals surface area contributed by atoms with Crippen molar-refractivity contribution in [2.24, 2.45) is 5.84 Å². The fourth-order valence-electron chi connectivity index (χ4n) is 0.754. The molecule has 1 unspecified atom stereocenters. The maximum atomic E-state index is 11.7. The van der Waals surface area contributed by atoms with Crippen LogP contribution >= 0.6 is 0 Å². The molecule has 0 saturated heterocycles. The number of alkyl halides is 3. The van der Waals surface area contributed by atoms with Gasteiger partial charge < -0.3 is 4.74 Å². The minimum Gasteiger partial charge on any atom is -0.383 e. The van der Waals surface area contributed by atoms with Gasteiger partial charge >= 0.3 is 6.18 Å². The summed E-state index contributed by atoms with van der Waals surface area (Å²) >= 11 is 0. The van der Waals surface area contributed by atoms with Crippen LogP contribution in [-0.4, -0.2) is 25.9 Å². The van der Waals surface area contributed by atoms with E-state index in [4.69, 9.17) is 5.84 Å². The molecule has 0 aromatic heterocycles. The van der Waals surface area contributed by atoms with Crippen LogP contribution in [0.15, 0.2) is 0 Å². The van der Waals surface area contributed by atoms with Gasteiger partial charge in [-0.25, -0.2) is 0 Å². The number of hydrazine groups is 1. The fourth-order valence-corrected chi connectivity index (χ4v) is 0.754. The monoisotopic (exact) mass is 186 g/mol. The summed E-state index contributed by atoms with van der Waals surface area (Å²) in [5.74, 6) is 4.99. The first-order chi connectivity index (χ1) is 5.49. The van der Waals surface area contributed by atoms with Crippen molar-refractivity contribution in [2.45, 2.75) is 25.1 Å². The van der Waals surface area contributed by atoms with E-state index >= 15 is 0 Å². The molecule has 0 amide bonds. The molecule has 0 fully saturated rings. The molecule has 6 heteroatoms. The van der Waals surface area contributed by atoms with Crippen LogP contribution in [0.5, 0.6) is 0 Å². The molecule has 0 radical (unpaired) electrons. The van der Waals surface area contributed by atoms with Crippen molar-refractivity contribution in [3.8, 4) is 0 Å². The number of nitrogens with one attached hydrogen (secondary N) is 1. The number of methoxy groups -OCH3 is 1. The van der Waals surface area contributed by atoms with Crippen LogP contribution in [0.1, 0.15) is 12.8 Å². The third kappa shape index (κ3) is 6.38. The van der Waals surface area contributed by atoms with Crippen LogP contribution in [0.2, 0.25) is 0 Å². The minimum absolute atomic E-state index is 0.0617. The molecule has 3 nitrogen and oxygen atoms in total. The Morgan fingerprint density at radius 1 is 1.50 bits per heavy atom. The number of rotatable bonds is 5. The lowest BCUT2D eigenvalue weighted by molar-refractivity contribution is -0.137. The molecule has 0 saturated carbocycles. The molecule has 0 heterocycles. The molecule has 74 valence electrons. The van der Waals surface area contributed by atoms with Crippen molar-refractivity contribution < 1.29 is 17.9 Å². The van der Waals surface area contributed by atoms with E-state index in [1.807, 2.05) is 0 Å². The van der Waals surface area contributed by atoms with Gasteiger partial charge in [0.1, 0.15) is 0 Å². The number of halogens is 3. The Kier molecular flexibility index (Phi) is 5.19. The lowest BCUT2D eigenvalue weighted by atomic mass is 10.2. The molecule has 3 N–H and O–H groups in total. The van der Waals surface area contributed by atoms with E-state index in [-0.39, 0.29) is 13.0 Å². The summed E-state index contributed by atoms with van der Waals surface area (Å²) in [5.41, 5.74) is 2.25. The summed E-state index contributed by atoms with van der Waals surface area (Å²) in [7, 11) is 1.41. The summed E-state index contributed by atoms with van der Waals surface area (Å²) in [4.78, 5) is 0. The maximum absolute atomic E-state index is 11.7. The predicted octanol–water partition coefficient (Wildman–Crippen LogP) is 0.807. The molecule has 0 aromatic rings. The molecule has 0 bridgehead atoms. The van der Waals surface area contributed by atoms with Crippen LogP contribution in [0.3, 0.4) is 0 Å². The summed E-state index contributed by atoms with van der Waals surface area (Å²) in [6.45, 7) is 0.187. The summed E-state index contributed by atoms with van der Waals surface area (Å²) in [6, 6.07) is -0.434. The van der Waals surface area contributed by atoms with Gasteiger partial charge in [0.05, 0.1) is 6.61 Å². The Hall–Kier alpha value is -0.330. The largest absolute Gasteiger partial charge is 0.389 e. The van der Waals surface area contributed by atoms with E-state index in [9.17, 15) is 13.2 Å². The van der Waals surface area contributed by atoms with Gasteiger partial charge in [-0.3, -0.25) is 11.3 Å². The topological polar surface area (TPSA) is 47.3 Å². The van der Waals surface area contributed by atoms with Gasteiger partial charge in [-0.05, 0) is 6.42 Å². The average Bonchev–Trinajstić information content (AvgIpc) is 1.96. The van der Waals surface area contributed by atoms with Crippen LogP contribution in [0.25, 0.3) is 0 Å². The third-order valence-electron chi connectivity index (χ3n) is 1.38. The van der Waals surface area contributed by atoms with Gasteiger partial charge in [-0.15, -0.1) is 0 Å². The molecule has 0 aromatic carbocycles. The van der Waals surface area contributed by atoms with Gasteiger partial charge in [0.15, 0.2) is 0 Å². The van der Waals surface area contributed by atoms with Crippen molar-refractivity contribution in [1.82, 2.24) is 5.43 Å². The first kappa shape index (κ1) is 11.7. The Bertz CT molecular complexity index is 118. The molecular formula is C6H13F3N2O. The van der Waals surface area contributed by atoms with Crippen molar-refractivity contribution in [3.63, 3.8) is 0 Å². The first-order valence-corrected chi connectivity index (χ1v) is 3.51. The molecule has 0 spiro atoms. The fraction of sp³-hybridized carbons (Fsp3) is 1.00. The van der Waals surface area contributed by atoms with Gasteiger partial charge in [0.2, 0.25) is 0 Å². The summed E-state index contributed by atoms with van der Waals surface area (Å²) < 4.78 is 39.7. The van der Waals surface area contributed by atoms with Gasteiger partial charge in [0.25, 0.3) is 0 Å². The van der Waals surface area contributed by atoms with Crippen molar-refractivity contribution in [1.29, 1.82) is 0 Å². The second kappa shape index (κ2) is 5.34. The lowest BCUT2D eigenvalue weighted by Gasteiger charge is -2.15. The Labute approximate surface area is 69.0 Å². The van der Waals surface area contributed by atoms with Gasteiger partial charge in [-0.2, -0.15) is 13.2 Å². The summed E-state index contributed by atoms with van der Waals surface area (Å²) in [6.07, 6.45) is -5.03. The lowest BCUT2D eigenvalue weighted by Crippen LogP contribution is -2.39. The first-order valence-electron chi connectivity index (χ1n) is 3.51. The second-order valence-electron chi connectivity index (χ2n) is 2.47. The zero-order valence-electron chi connectivity index (χ0n) is 6.82. The highest BCUT2D eigenvalue weighted by atomic mass is 19.4. The minimum atomic E-state index is -4.12.